The number of rotatable bonds is 3. The van der Waals surface area contributed by atoms with Crippen molar-refractivity contribution in [1.29, 1.82) is 5.26 Å². The summed E-state index contributed by atoms with van der Waals surface area (Å²) in [5, 5.41) is 12.7. The first kappa shape index (κ1) is 13.9. The number of nitrogens with zero attached hydrogens (tertiary/aromatic N) is 2. The van der Waals surface area contributed by atoms with Gasteiger partial charge in [-0.15, -0.1) is 0 Å². The van der Waals surface area contributed by atoms with Gasteiger partial charge in [0, 0.05) is 16.6 Å². The van der Waals surface area contributed by atoms with Gasteiger partial charge in [0.25, 0.3) is 0 Å². The summed E-state index contributed by atoms with van der Waals surface area (Å²) in [4.78, 5) is 4.46. The Labute approximate surface area is 125 Å². The maximum Gasteiger partial charge on any atom is 0.144 e. The molecule has 1 aromatic carbocycles. The van der Waals surface area contributed by atoms with Gasteiger partial charge in [-0.2, -0.15) is 5.26 Å². The second kappa shape index (κ2) is 6.05. The lowest BCUT2D eigenvalue weighted by Crippen LogP contribution is -2.02. The summed E-state index contributed by atoms with van der Waals surface area (Å²) in [6, 6.07) is 11.3. The standard InChI is InChI=1S/C14H11BrClN3/c1-2-18-14-9(8-17)3-6-13(19-14)11-5-4-10(15)7-12(11)16/h3-7H,2H2,1H3,(H,18,19). The van der Waals surface area contributed by atoms with Crippen molar-refractivity contribution in [2.45, 2.75) is 6.92 Å². The first-order valence-corrected chi connectivity index (χ1v) is 6.93. The summed E-state index contributed by atoms with van der Waals surface area (Å²) in [6.07, 6.45) is 0. The van der Waals surface area contributed by atoms with Crippen LogP contribution in [0.1, 0.15) is 12.5 Å². The van der Waals surface area contributed by atoms with Gasteiger partial charge in [0.05, 0.1) is 16.3 Å². The summed E-state index contributed by atoms with van der Waals surface area (Å²) in [5.74, 6) is 0.585. The van der Waals surface area contributed by atoms with Gasteiger partial charge in [0.15, 0.2) is 0 Å². The van der Waals surface area contributed by atoms with Crippen LogP contribution in [0.15, 0.2) is 34.8 Å². The van der Waals surface area contributed by atoms with Crippen LogP contribution in [0.4, 0.5) is 5.82 Å². The van der Waals surface area contributed by atoms with Crippen LogP contribution in [0.3, 0.4) is 0 Å². The molecule has 0 fully saturated rings. The van der Waals surface area contributed by atoms with E-state index >= 15 is 0 Å². The number of anilines is 1. The number of nitriles is 1. The molecule has 0 aliphatic heterocycles. The molecule has 0 aliphatic carbocycles. The Morgan fingerprint density at radius 2 is 2.16 bits per heavy atom. The molecule has 5 heteroatoms. The molecule has 1 heterocycles. The maximum absolute atomic E-state index is 9.04. The Hall–Kier alpha value is -1.57. The van der Waals surface area contributed by atoms with E-state index in [-0.39, 0.29) is 0 Å². The zero-order chi connectivity index (χ0) is 13.8. The van der Waals surface area contributed by atoms with Gasteiger partial charge >= 0.3 is 0 Å². The molecule has 2 rings (SSSR count). The van der Waals surface area contributed by atoms with E-state index in [1.807, 2.05) is 25.1 Å². The highest BCUT2D eigenvalue weighted by molar-refractivity contribution is 9.10. The largest absolute Gasteiger partial charge is 0.369 e. The molecule has 0 radical (unpaired) electrons. The van der Waals surface area contributed by atoms with Crippen LogP contribution in [0.5, 0.6) is 0 Å². The molecule has 0 amide bonds. The van der Waals surface area contributed by atoms with Crippen molar-refractivity contribution in [2.24, 2.45) is 0 Å². The van der Waals surface area contributed by atoms with Gasteiger partial charge in [-0.05, 0) is 31.2 Å². The van der Waals surface area contributed by atoms with E-state index in [9.17, 15) is 0 Å². The lowest BCUT2D eigenvalue weighted by atomic mass is 10.1. The first-order chi connectivity index (χ1) is 9.15. The fourth-order valence-corrected chi connectivity index (χ4v) is 2.47. The summed E-state index contributed by atoms with van der Waals surface area (Å²) in [6.45, 7) is 2.67. The molecule has 0 atom stereocenters. The van der Waals surface area contributed by atoms with Crippen molar-refractivity contribution in [1.82, 2.24) is 4.98 Å². The third-order valence-electron chi connectivity index (χ3n) is 2.57. The molecule has 1 N–H and O–H groups in total. The van der Waals surface area contributed by atoms with Crippen molar-refractivity contribution in [3.05, 3.63) is 45.4 Å². The minimum absolute atomic E-state index is 0.527. The number of pyridine rings is 1. The highest BCUT2D eigenvalue weighted by atomic mass is 79.9. The van der Waals surface area contributed by atoms with Crippen molar-refractivity contribution in [2.75, 3.05) is 11.9 Å². The van der Waals surface area contributed by atoms with Gasteiger partial charge in [-0.1, -0.05) is 33.6 Å². The Balaban J connectivity index is 2.51. The van der Waals surface area contributed by atoms with Crippen LogP contribution in [0.25, 0.3) is 11.3 Å². The predicted molar refractivity (Wildman–Crippen MR) is 81.3 cm³/mol. The Kier molecular flexibility index (Phi) is 4.41. The molecule has 0 saturated heterocycles. The van der Waals surface area contributed by atoms with Crippen LogP contribution in [0.2, 0.25) is 5.02 Å². The first-order valence-electron chi connectivity index (χ1n) is 5.76. The van der Waals surface area contributed by atoms with Crippen molar-refractivity contribution < 1.29 is 0 Å². The topological polar surface area (TPSA) is 48.7 Å². The predicted octanol–water partition coefficient (Wildman–Crippen LogP) is 4.47. The van der Waals surface area contributed by atoms with Gasteiger partial charge in [0.1, 0.15) is 11.9 Å². The second-order valence-corrected chi connectivity index (χ2v) is 5.18. The summed E-state index contributed by atoms with van der Waals surface area (Å²) in [5.41, 5.74) is 2.11. The number of benzene rings is 1. The molecule has 0 bridgehead atoms. The van der Waals surface area contributed by atoms with E-state index in [0.717, 1.165) is 15.7 Å². The third kappa shape index (κ3) is 3.06. The van der Waals surface area contributed by atoms with E-state index in [4.69, 9.17) is 16.9 Å². The molecular formula is C14H11BrClN3. The number of halogens is 2. The molecule has 2 aromatic rings. The average molecular weight is 337 g/mol. The number of hydrogen-bond donors (Lipinski definition) is 1. The Morgan fingerprint density at radius 3 is 2.79 bits per heavy atom. The van der Waals surface area contributed by atoms with Gasteiger partial charge in [0.2, 0.25) is 0 Å². The fourth-order valence-electron chi connectivity index (χ4n) is 1.70. The zero-order valence-corrected chi connectivity index (χ0v) is 12.6. The highest BCUT2D eigenvalue weighted by Crippen LogP contribution is 2.30. The minimum atomic E-state index is 0.527. The molecule has 0 saturated carbocycles. The van der Waals surface area contributed by atoms with Gasteiger partial charge in [-0.25, -0.2) is 4.98 Å². The molecule has 0 spiro atoms. The SMILES string of the molecule is CCNc1nc(-c2ccc(Br)cc2Cl)ccc1C#N. The molecule has 3 nitrogen and oxygen atoms in total. The highest BCUT2D eigenvalue weighted by Gasteiger charge is 2.09. The Bertz CT molecular complexity index is 650. The fraction of sp³-hybridized carbons (Fsp3) is 0.143. The minimum Gasteiger partial charge on any atom is -0.369 e. The molecule has 0 aliphatic rings. The Morgan fingerprint density at radius 1 is 1.37 bits per heavy atom. The monoisotopic (exact) mass is 335 g/mol. The van der Waals surface area contributed by atoms with E-state index < -0.39 is 0 Å². The molecule has 19 heavy (non-hydrogen) atoms. The van der Waals surface area contributed by atoms with Crippen LogP contribution in [-0.2, 0) is 0 Å². The van der Waals surface area contributed by atoms with Crippen molar-refractivity contribution in [3.63, 3.8) is 0 Å². The number of nitrogens with one attached hydrogen (secondary N) is 1. The summed E-state index contributed by atoms with van der Waals surface area (Å²) < 4.78 is 0.918. The lowest BCUT2D eigenvalue weighted by molar-refractivity contribution is 1.15. The number of aromatic nitrogens is 1. The smallest absolute Gasteiger partial charge is 0.144 e. The van der Waals surface area contributed by atoms with E-state index in [1.165, 1.54) is 0 Å². The van der Waals surface area contributed by atoms with Gasteiger partial charge < -0.3 is 5.32 Å². The van der Waals surface area contributed by atoms with Crippen LogP contribution in [-0.4, -0.2) is 11.5 Å². The third-order valence-corrected chi connectivity index (χ3v) is 3.37. The van der Waals surface area contributed by atoms with Crippen molar-refractivity contribution >= 4 is 33.3 Å². The van der Waals surface area contributed by atoms with Crippen molar-refractivity contribution in [3.8, 4) is 17.3 Å². The normalized spacial score (nSPS) is 10.0. The van der Waals surface area contributed by atoms with Gasteiger partial charge in [-0.3, -0.25) is 0 Å². The molecule has 96 valence electrons. The summed E-state index contributed by atoms with van der Waals surface area (Å²) in [7, 11) is 0. The second-order valence-electron chi connectivity index (χ2n) is 3.86. The quantitative estimate of drug-likeness (QED) is 0.899. The van der Waals surface area contributed by atoms with Crippen LogP contribution in [0, 0.1) is 11.3 Å². The van der Waals surface area contributed by atoms with Crippen LogP contribution < -0.4 is 5.32 Å². The zero-order valence-electron chi connectivity index (χ0n) is 10.2. The van der Waals surface area contributed by atoms with E-state index in [2.05, 4.69) is 32.3 Å². The van der Waals surface area contributed by atoms with E-state index in [1.54, 1.807) is 12.1 Å². The average Bonchev–Trinajstić information content (AvgIpc) is 2.39. The van der Waals surface area contributed by atoms with E-state index in [0.29, 0.717) is 22.9 Å². The molecule has 1 aromatic heterocycles. The summed E-state index contributed by atoms with van der Waals surface area (Å²) >= 11 is 9.58. The van der Waals surface area contributed by atoms with Crippen LogP contribution >= 0.6 is 27.5 Å². The molecular weight excluding hydrogens is 326 g/mol. The maximum atomic E-state index is 9.04. The number of hydrogen-bond acceptors (Lipinski definition) is 3. The lowest BCUT2D eigenvalue weighted by Gasteiger charge is -2.09. The molecule has 0 unspecified atom stereocenters.